The van der Waals surface area contributed by atoms with E-state index in [-0.39, 0.29) is 28.8 Å². The van der Waals surface area contributed by atoms with Crippen LogP contribution in [0.4, 0.5) is 11.5 Å². The molecule has 2 aromatic carbocycles. The summed E-state index contributed by atoms with van der Waals surface area (Å²) in [6, 6.07) is 16.0. The largest absolute Gasteiger partial charge is 0.476 e. The third kappa shape index (κ3) is 3.18. The molecule has 28 heavy (non-hydrogen) atoms. The van der Waals surface area contributed by atoms with Crippen LogP contribution in [0.5, 0.6) is 0 Å². The molecule has 1 atom stereocenters. The first kappa shape index (κ1) is 17.7. The highest BCUT2D eigenvalue weighted by molar-refractivity contribution is 5.91. The summed E-state index contributed by atoms with van der Waals surface area (Å²) < 4.78 is 0. The first-order valence-electron chi connectivity index (χ1n) is 8.79. The van der Waals surface area contributed by atoms with Crippen LogP contribution in [-0.4, -0.2) is 44.1 Å². The number of carbonyl (C=O) groups is 1. The summed E-state index contributed by atoms with van der Waals surface area (Å²) in [5.41, 5.74) is 0.907. The summed E-state index contributed by atoms with van der Waals surface area (Å²) in [6.07, 6.45) is 0.863. The minimum atomic E-state index is -1.22. The van der Waals surface area contributed by atoms with Gasteiger partial charge in [0, 0.05) is 25.1 Å². The summed E-state index contributed by atoms with van der Waals surface area (Å²) in [4.78, 5) is 25.4. The van der Waals surface area contributed by atoms with Crippen molar-refractivity contribution in [2.75, 3.05) is 18.0 Å². The Morgan fingerprint density at radius 2 is 1.82 bits per heavy atom. The number of aromatic nitrogens is 3. The Hall–Kier alpha value is -3.75. The van der Waals surface area contributed by atoms with Gasteiger partial charge in [0.2, 0.25) is 5.69 Å². The van der Waals surface area contributed by atoms with Crippen molar-refractivity contribution in [1.82, 2.24) is 15.0 Å². The highest BCUT2D eigenvalue weighted by atomic mass is 16.6. The van der Waals surface area contributed by atoms with Crippen LogP contribution >= 0.6 is 0 Å². The second-order valence-electron chi connectivity index (χ2n) is 6.55. The minimum absolute atomic E-state index is 0.125. The van der Waals surface area contributed by atoms with E-state index >= 15 is 0 Å². The van der Waals surface area contributed by atoms with Crippen molar-refractivity contribution < 1.29 is 14.8 Å². The molecule has 142 valence electrons. The molecule has 0 unspecified atom stereocenters. The van der Waals surface area contributed by atoms with Gasteiger partial charge in [0.05, 0.1) is 4.92 Å². The molecular formula is C19H17N5O4. The van der Waals surface area contributed by atoms with Crippen molar-refractivity contribution in [3.63, 3.8) is 0 Å². The van der Waals surface area contributed by atoms with E-state index in [1.54, 1.807) is 6.07 Å². The zero-order valence-electron chi connectivity index (χ0n) is 14.8. The van der Waals surface area contributed by atoms with Gasteiger partial charge < -0.3 is 10.0 Å². The SMILES string of the molecule is O=C(O)c1nn(-c2ccccc2[N+](=O)[O-])nc1N1CC[C@@H](c2ccccc2)C1. The van der Waals surface area contributed by atoms with E-state index in [9.17, 15) is 20.0 Å². The highest BCUT2D eigenvalue weighted by Gasteiger charge is 2.31. The molecule has 1 aromatic heterocycles. The van der Waals surface area contributed by atoms with Crippen molar-refractivity contribution in [2.24, 2.45) is 0 Å². The summed E-state index contributed by atoms with van der Waals surface area (Å²) >= 11 is 0. The molecule has 0 saturated carbocycles. The van der Waals surface area contributed by atoms with Gasteiger partial charge in [0.15, 0.2) is 11.5 Å². The molecular weight excluding hydrogens is 362 g/mol. The van der Waals surface area contributed by atoms with E-state index in [4.69, 9.17) is 0 Å². The highest BCUT2D eigenvalue weighted by Crippen LogP contribution is 2.32. The molecule has 9 heteroatoms. The van der Waals surface area contributed by atoms with Crippen molar-refractivity contribution in [2.45, 2.75) is 12.3 Å². The van der Waals surface area contributed by atoms with E-state index in [1.165, 1.54) is 23.8 Å². The number of nitro benzene ring substituents is 1. The van der Waals surface area contributed by atoms with Gasteiger partial charge in [-0.1, -0.05) is 42.5 Å². The number of para-hydroxylation sites is 2. The Labute approximate surface area is 160 Å². The van der Waals surface area contributed by atoms with Crippen LogP contribution < -0.4 is 4.90 Å². The van der Waals surface area contributed by atoms with E-state index in [1.807, 2.05) is 23.1 Å². The molecule has 1 saturated heterocycles. The molecule has 2 heterocycles. The topological polar surface area (TPSA) is 114 Å². The Morgan fingerprint density at radius 3 is 2.54 bits per heavy atom. The molecule has 4 rings (SSSR count). The van der Waals surface area contributed by atoms with Gasteiger partial charge in [-0.05, 0) is 18.1 Å². The minimum Gasteiger partial charge on any atom is -0.476 e. The molecule has 0 radical (unpaired) electrons. The predicted molar refractivity (Wildman–Crippen MR) is 101 cm³/mol. The average Bonchev–Trinajstić information content (AvgIpc) is 3.36. The number of carboxylic acid groups (broad SMARTS) is 1. The van der Waals surface area contributed by atoms with Crippen LogP contribution in [0.3, 0.4) is 0 Å². The summed E-state index contributed by atoms with van der Waals surface area (Å²) in [7, 11) is 0. The predicted octanol–water partition coefficient (Wildman–Crippen LogP) is 2.87. The summed E-state index contributed by atoms with van der Waals surface area (Å²) in [5, 5.41) is 29.2. The lowest BCUT2D eigenvalue weighted by Crippen LogP contribution is -2.22. The van der Waals surface area contributed by atoms with Crippen LogP contribution in [0.25, 0.3) is 5.69 Å². The van der Waals surface area contributed by atoms with Crippen LogP contribution in [0.1, 0.15) is 28.4 Å². The first-order valence-corrected chi connectivity index (χ1v) is 8.79. The smallest absolute Gasteiger partial charge is 0.360 e. The Bertz CT molecular complexity index is 1030. The lowest BCUT2D eigenvalue weighted by molar-refractivity contribution is -0.384. The maximum absolute atomic E-state index is 11.7. The molecule has 3 aromatic rings. The second kappa shape index (κ2) is 7.10. The normalized spacial score (nSPS) is 16.3. The zero-order chi connectivity index (χ0) is 19.7. The third-order valence-corrected chi connectivity index (χ3v) is 4.85. The summed E-state index contributed by atoms with van der Waals surface area (Å²) in [6.45, 7) is 1.25. The van der Waals surface area contributed by atoms with Gasteiger partial charge >= 0.3 is 5.97 Å². The number of carboxylic acids is 1. The van der Waals surface area contributed by atoms with Crippen LogP contribution in [0.2, 0.25) is 0 Å². The quantitative estimate of drug-likeness (QED) is 0.535. The molecule has 1 aliphatic heterocycles. The van der Waals surface area contributed by atoms with Crippen molar-refractivity contribution in [1.29, 1.82) is 0 Å². The molecule has 0 spiro atoms. The lowest BCUT2D eigenvalue weighted by atomic mass is 9.99. The Kier molecular flexibility index (Phi) is 4.48. The Morgan fingerprint density at radius 1 is 1.11 bits per heavy atom. The van der Waals surface area contributed by atoms with Crippen LogP contribution in [-0.2, 0) is 0 Å². The zero-order valence-corrected chi connectivity index (χ0v) is 14.8. The molecule has 0 bridgehead atoms. The van der Waals surface area contributed by atoms with Gasteiger partial charge in [-0.15, -0.1) is 15.0 Å². The third-order valence-electron chi connectivity index (χ3n) is 4.85. The maximum atomic E-state index is 11.7. The second-order valence-corrected chi connectivity index (χ2v) is 6.55. The van der Waals surface area contributed by atoms with E-state index < -0.39 is 10.9 Å². The fourth-order valence-corrected chi connectivity index (χ4v) is 3.50. The molecule has 1 N–H and O–H groups in total. The van der Waals surface area contributed by atoms with E-state index in [0.717, 1.165) is 11.2 Å². The van der Waals surface area contributed by atoms with E-state index in [0.29, 0.717) is 13.1 Å². The van der Waals surface area contributed by atoms with Crippen LogP contribution in [0, 0.1) is 10.1 Å². The Balaban J connectivity index is 1.69. The maximum Gasteiger partial charge on any atom is 0.360 e. The molecule has 1 fully saturated rings. The monoisotopic (exact) mass is 379 g/mol. The van der Waals surface area contributed by atoms with Gasteiger partial charge in [0.25, 0.3) is 5.69 Å². The fourth-order valence-electron chi connectivity index (χ4n) is 3.50. The van der Waals surface area contributed by atoms with Gasteiger partial charge in [-0.2, -0.15) is 0 Å². The molecule has 0 aliphatic carbocycles. The number of nitrogens with zero attached hydrogens (tertiary/aromatic N) is 5. The molecule has 0 amide bonds. The van der Waals surface area contributed by atoms with Crippen molar-refractivity contribution in [3.05, 3.63) is 76.0 Å². The number of anilines is 1. The number of benzene rings is 2. The number of nitro groups is 1. The van der Waals surface area contributed by atoms with Gasteiger partial charge in [-0.25, -0.2) is 4.79 Å². The summed E-state index contributed by atoms with van der Waals surface area (Å²) in [5.74, 6) is -0.730. The van der Waals surface area contributed by atoms with Crippen LogP contribution in [0.15, 0.2) is 54.6 Å². The standard InChI is InChI=1S/C19H17N5O4/c25-19(26)17-18(22-11-10-14(12-22)13-6-2-1-3-7-13)21-23(20-17)15-8-4-5-9-16(15)24(27)28/h1-9,14H,10-12H2,(H,25,26)/t14-/m1/s1. The first-order chi connectivity index (χ1) is 13.5. The van der Waals surface area contributed by atoms with E-state index in [2.05, 4.69) is 22.3 Å². The fraction of sp³-hybridized carbons (Fsp3) is 0.211. The number of hydrogen-bond acceptors (Lipinski definition) is 6. The van der Waals surface area contributed by atoms with Gasteiger partial charge in [-0.3, -0.25) is 10.1 Å². The molecule has 1 aliphatic rings. The number of aromatic carboxylic acids is 1. The number of hydrogen-bond donors (Lipinski definition) is 1. The number of rotatable bonds is 5. The lowest BCUT2D eigenvalue weighted by Gasteiger charge is -2.16. The van der Waals surface area contributed by atoms with Crippen molar-refractivity contribution >= 4 is 17.5 Å². The van der Waals surface area contributed by atoms with Crippen molar-refractivity contribution in [3.8, 4) is 5.69 Å². The molecule has 9 nitrogen and oxygen atoms in total. The van der Waals surface area contributed by atoms with Gasteiger partial charge in [0.1, 0.15) is 0 Å². The average molecular weight is 379 g/mol.